The summed E-state index contributed by atoms with van der Waals surface area (Å²) < 4.78 is 5.93. The number of halogens is 2. The third-order valence-electron chi connectivity index (χ3n) is 5.81. The number of hydrogen-bond donors (Lipinski definition) is 1. The molecule has 0 radical (unpaired) electrons. The lowest BCUT2D eigenvalue weighted by Crippen LogP contribution is -2.55. The van der Waals surface area contributed by atoms with Gasteiger partial charge < -0.3 is 15.0 Å². The van der Waals surface area contributed by atoms with Crippen LogP contribution in [-0.4, -0.2) is 34.9 Å². The summed E-state index contributed by atoms with van der Waals surface area (Å²) in [5.74, 6) is 0.0551. The van der Waals surface area contributed by atoms with Gasteiger partial charge in [0.25, 0.3) is 5.91 Å². The molecule has 196 valence electrons. The van der Waals surface area contributed by atoms with Crippen LogP contribution in [0, 0.1) is 13.8 Å². The predicted molar refractivity (Wildman–Crippen MR) is 150 cm³/mol. The van der Waals surface area contributed by atoms with Crippen molar-refractivity contribution < 1.29 is 14.3 Å². The van der Waals surface area contributed by atoms with Gasteiger partial charge in [-0.05, 0) is 69.5 Å². The fourth-order valence-electron chi connectivity index (χ4n) is 4.02. The minimum Gasteiger partial charge on any atom is -0.483 e. The molecule has 1 N–H and O–H groups in total. The van der Waals surface area contributed by atoms with Crippen LogP contribution in [0.25, 0.3) is 0 Å². The Morgan fingerprint density at radius 3 is 2.30 bits per heavy atom. The van der Waals surface area contributed by atoms with Gasteiger partial charge in [0.05, 0.1) is 0 Å². The first-order valence-electron chi connectivity index (χ1n) is 12.2. The largest absolute Gasteiger partial charge is 0.483 e. The zero-order chi connectivity index (χ0) is 27.2. The van der Waals surface area contributed by atoms with Gasteiger partial charge in [0.1, 0.15) is 11.8 Å². The lowest BCUT2D eigenvalue weighted by Gasteiger charge is -2.34. The molecule has 1 atom stereocenters. The Kier molecular flexibility index (Phi) is 9.63. The van der Waals surface area contributed by atoms with Crippen LogP contribution < -0.4 is 10.1 Å². The van der Waals surface area contributed by atoms with Gasteiger partial charge in [-0.1, -0.05) is 77.3 Å². The summed E-state index contributed by atoms with van der Waals surface area (Å²) in [4.78, 5) is 28.9. The molecule has 0 unspecified atom stereocenters. The van der Waals surface area contributed by atoms with Crippen LogP contribution in [0.1, 0.15) is 43.0 Å². The zero-order valence-electron chi connectivity index (χ0n) is 22.0. The Morgan fingerprint density at radius 2 is 1.68 bits per heavy atom. The summed E-state index contributed by atoms with van der Waals surface area (Å²) in [6.07, 6.45) is 0.337. The number of aryl methyl sites for hydroxylation is 2. The fraction of sp³-hybridized carbons (Fsp3) is 0.333. The van der Waals surface area contributed by atoms with Crippen LogP contribution >= 0.6 is 23.2 Å². The van der Waals surface area contributed by atoms with Gasteiger partial charge >= 0.3 is 0 Å². The number of rotatable bonds is 9. The maximum absolute atomic E-state index is 13.7. The summed E-state index contributed by atoms with van der Waals surface area (Å²) in [7, 11) is 0. The first-order chi connectivity index (χ1) is 17.4. The van der Waals surface area contributed by atoms with Gasteiger partial charge in [-0.15, -0.1) is 0 Å². The molecular weight excluding hydrogens is 507 g/mol. The number of nitrogens with one attached hydrogen (secondary N) is 1. The smallest absolute Gasteiger partial charge is 0.261 e. The molecular formula is C30H34Cl2N2O3. The molecule has 0 heterocycles. The van der Waals surface area contributed by atoms with Crippen LogP contribution in [0.2, 0.25) is 10.0 Å². The normalized spacial score (nSPS) is 12.1. The topological polar surface area (TPSA) is 58.6 Å². The lowest BCUT2D eigenvalue weighted by molar-refractivity contribution is -0.143. The minimum absolute atomic E-state index is 0.125. The molecule has 2 amide bonds. The first kappa shape index (κ1) is 28.5. The Hall–Kier alpha value is -3.02. The van der Waals surface area contributed by atoms with E-state index in [9.17, 15) is 9.59 Å². The molecule has 0 bridgehead atoms. The molecule has 0 saturated carbocycles. The molecule has 3 rings (SSSR count). The van der Waals surface area contributed by atoms with E-state index in [-0.39, 0.29) is 25.0 Å². The molecule has 3 aromatic rings. The van der Waals surface area contributed by atoms with Crippen LogP contribution in [-0.2, 0) is 22.6 Å². The quantitative estimate of drug-likeness (QED) is 0.335. The minimum atomic E-state index is -0.788. The molecule has 37 heavy (non-hydrogen) atoms. The standard InChI is InChI=1S/C30H34Cl2N2O3/c1-20-11-14-27(21(2)15-20)37-19-28(35)34(18-23-12-13-24(31)17-25(23)32)26(29(36)33-30(3,4)5)16-22-9-7-6-8-10-22/h6-15,17,26H,16,18-19H2,1-5H3,(H,33,36)/t26-/m1/s1. The second-order valence-corrected chi connectivity index (χ2v) is 11.1. The van der Waals surface area contributed by atoms with Crippen LogP contribution in [0.4, 0.5) is 0 Å². The van der Waals surface area contributed by atoms with E-state index < -0.39 is 11.6 Å². The molecule has 0 fully saturated rings. The first-order valence-corrected chi connectivity index (χ1v) is 13.0. The number of carbonyl (C=O) groups excluding carboxylic acids is 2. The van der Waals surface area contributed by atoms with Crippen molar-refractivity contribution in [3.8, 4) is 5.75 Å². The summed E-state index contributed by atoms with van der Waals surface area (Å²) in [5, 5.41) is 3.97. The Bertz CT molecular complexity index is 1240. The van der Waals surface area contributed by atoms with E-state index in [2.05, 4.69) is 5.32 Å². The van der Waals surface area contributed by atoms with E-state index in [0.29, 0.717) is 27.8 Å². The van der Waals surface area contributed by atoms with Crippen molar-refractivity contribution in [1.82, 2.24) is 10.2 Å². The summed E-state index contributed by atoms with van der Waals surface area (Å²) in [6.45, 7) is 9.58. The number of nitrogens with zero attached hydrogens (tertiary/aromatic N) is 1. The fourth-order valence-corrected chi connectivity index (χ4v) is 4.49. The maximum atomic E-state index is 13.7. The highest BCUT2D eigenvalue weighted by molar-refractivity contribution is 6.35. The van der Waals surface area contributed by atoms with Crippen molar-refractivity contribution in [3.05, 3.63) is 99.0 Å². The summed E-state index contributed by atoms with van der Waals surface area (Å²) >= 11 is 12.6. The highest BCUT2D eigenvalue weighted by atomic mass is 35.5. The Morgan fingerprint density at radius 1 is 0.973 bits per heavy atom. The van der Waals surface area contributed by atoms with Crippen LogP contribution in [0.3, 0.4) is 0 Å². The summed E-state index contributed by atoms with van der Waals surface area (Å²) in [6, 6.07) is 19.8. The second-order valence-electron chi connectivity index (χ2n) is 10.3. The second kappa shape index (κ2) is 12.5. The number of ether oxygens (including phenoxy) is 1. The van der Waals surface area contributed by atoms with E-state index in [0.717, 1.165) is 16.7 Å². The maximum Gasteiger partial charge on any atom is 0.261 e. The molecule has 0 aliphatic carbocycles. The monoisotopic (exact) mass is 540 g/mol. The molecule has 5 nitrogen and oxygen atoms in total. The molecule has 0 saturated heterocycles. The Labute approximate surface area is 229 Å². The van der Waals surface area contributed by atoms with E-state index in [1.165, 1.54) is 0 Å². The zero-order valence-corrected chi connectivity index (χ0v) is 23.5. The Balaban J connectivity index is 1.97. The van der Waals surface area contributed by atoms with Crippen molar-refractivity contribution in [3.63, 3.8) is 0 Å². The highest BCUT2D eigenvalue weighted by Gasteiger charge is 2.33. The van der Waals surface area contributed by atoms with Gasteiger partial charge in [0, 0.05) is 28.5 Å². The van der Waals surface area contributed by atoms with Gasteiger partial charge in [-0.2, -0.15) is 0 Å². The van der Waals surface area contributed by atoms with E-state index in [1.807, 2.05) is 83.1 Å². The number of carbonyl (C=O) groups is 2. The molecule has 0 aliphatic heterocycles. The van der Waals surface area contributed by atoms with Gasteiger partial charge in [0.15, 0.2) is 6.61 Å². The van der Waals surface area contributed by atoms with E-state index in [4.69, 9.17) is 27.9 Å². The van der Waals surface area contributed by atoms with Crippen LogP contribution in [0.5, 0.6) is 5.75 Å². The van der Waals surface area contributed by atoms with E-state index >= 15 is 0 Å². The summed E-state index contributed by atoms with van der Waals surface area (Å²) in [5.41, 5.74) is 3.19. The van der Waals surface area contributed by atoms with Gasteiger partial charge in [-0.25, -0.2) is 0 Å². The van der Waals surface area contributed by atoms with E-state index in [1.54, 1.807) is 23.1 Å². The number of hydrogen-bond acceptors (Lipinski definition) is 3. The molecule has 0 aliphatic rings. The lowest BCUT2D eigenvalue weighted by atomic mass is 10.0. The molecule has 3 aromatic carbocycles. The molecule has 7 heteroatoms. The molecule has 0 aromatic heterocycles. The van der Waals surface area contributed by atoms with Gasteiger partial charge in [-0.3, -0.25) is 9.59 Å². The van der Waals surface area contributed by atoms with Crippen molar-refractivity contribution in [2.24, 2.45) is 0 Å². The van der Waals surface area contributed by atoms with Crippen molar-refractivity contribution >= 4 is 35.0 Å². The van der Waals surface area contributed by atoms with Gasteiger partial charge in [0.2, 0.25) is 5.91 Å². The van der Waals surface area contributed by atoms with Crippen molar-refractivity contribution in [2.45, 2.75) is 59.2 Å². The third kappa shape index (κ3) is 8.51. The van der Waals surface area contributed by atoms with Crippen molar-refractivity contribution in [1.29, 1.82) is 0 Å². The number of amides is 2. The molecule has 0 spiro atoms. The average molecular weight is 542 g/mol. The van der Waals surface area contributed by atoms with Crippen molar-refractivity contribution in [2.75, 3.05) is 6.61 Å². The number of benzene rings is 3. The third-order valence-corrected chi connectivity index (χ3v) is 6.39. The van der Waals surface area contributed by atoms with Crippen LogP contribution in [0.15, 0.2) is 66.7 Å². The highest BCUT2D eigenvalue weighted by Crippen LogP contribution is 2.25. The average Bonchev–Trinajstić information content (AvgIpc) is 2.81. The SMILES string of the molecule is Cc1ccc(OCC(=O)N(Cc2ccc(Cl)cc2Cl)[C@H](Cc2ccccc2)C(=O)NC(C)(C)C)c(C)c1. The predicted octanol–water partition coefficient (Wildman–Crippen LogP) is 6.54.